The van der Waals surface area contributed by atoms with Crippen LogP contribution < -0.4 is 21.1 Å². The number of nitrogens with zero attached hydrogens (tertiary/aromatic N) is 7. The molecular weight excluding hydrogens is 472 g/mol. The van der Waals surface area contributed by atoms with Crippen LogP contribution in [0.2, 0.25) is 0 Å². The number of hydrogen-bond donors (Lipinski definition) is 3. The van der Waals surface area contributed by atoms with Crippen molar-refractivity contribution < 1.29 is 9.53 Å². The van der Waals surface area contributed by atoms with E-state index in [-0.39, 0.29) is 12.0 Å². The topological polar surface area (TPSA) is 147 Å². The first-order valence-corrected chi connectivity index (χ1v) is 12.5. The van der Waals surface area contributed by atoms with Gasteiger partial charge in [-0.25, -0.2) is 19.7 Å². The Morgan fingerprint density at radius 3 is 2.59 bits per heavy atom. The number of carbonyl (C=O) groups is 1. The van der Waals surface area contributed by atoms with Gasteiger partial charge in [0.25, 0.3) is 0 Å². The van der Waals surface area contributed by atoms with Crippen molar-refractivity contribution in [1.82, 2.24) is 40.0 Å². The second kappa shape index (κ2) is 10.9. The molecule has 12 heteroatoms. The highest BCUT2D eigenvalue weighted by atomic mass is 16.5. The molecule has 1 aliphatic heterocycles. The summed E-state index contributed by atoms with van der Waals surface area (Å²) in [5.41, 5.74) is 8.40. The zero-order valence-corrected chi connectivity index (χ0v) is 21.1. The van der Waals surface area contributed by atoms with Crippen molar-refractivity contribution >= 4 is 23.5 Å². The van der Waals surface area contributed by atoms with Crippen LogP contribution in [0, 0.1) is 12.8 Å². The maximum atomic E-state index is 12.4. The molecule has 1 saturated heterocycles. The highest BCUT2D eigenvalue weighted by molar-refractivity contribution is 5.75. The standard InChI is InChI=1S/C25H32N10O2/c1-16-30-23(33-24(26)31-16)20-11-18(13-28-22(20)32-19-5-6-21(37-2)27-14-19)15-34-7-9-35(10-8-34)25(36)29-12-17-3-4-17/h5-6,11,13-14,17H,3-4,7-10,12,15H2,1-2H3,(H,28,32)(H,29,36)(H2,26,30,31,33). The molecule has 5 rings (SSSR count). The van der Waals surface area contributed by atoms with Gasteiger partial charge in [0.2, 0.25) is 11.8 Å². The van der Waals surface area contributed by atoms with Gasteiger partial charge in [0.05, 0.1) is 24.6 Å². The molecule has 4 N–H and O–H groups in total. The van der Waals surface area contributed by atoms with Crippen LogP contribution in [0.25, 0.3) is 11.4 Å². The number of anilines is 3. The Balaban J connectivity index is 1.30. The van der Waals surface area contributed by atoms with E-state index in [1.807, 2.05) is 23.2 Å². The third-order valence-electron chi connectivity index (χ3n) is 6.46. The summed E-state index contributed by atoms with van der Waals surface area (Å²) in [6.07, 6.45) is 5.97. The third kappa shape index (κ3) is 6.39. The van der Waals surface area contributed by atoms with Crippen LogP contribution in [-0.2, 0) is 6.54 Å². The number of piperazine rings is 1. The van der Waals surface area contributed by atoms with Crippen LogP contribution in [0.15, 0.2) is 30.6 Å². The number of ether oxygens (including phenoxy) is 1. The van der Waals surface area contributed by atoms with Gasteiger partial charge in [0.15, 0.2) is 5.82 Å². The molecule has 1 saturated carbocycles. The molecule has 194 valence electrons. The number of hydrogen-bond acceptors (Lipinski definition) is 10. The van der Waals surface area contributed by atoms with E-state index in [1.54, 1.807) is 26.3 Å². The number of methoxy groups -OCH3 is 1. The highest BCUT2D eigenvalue weighted by Crippen LogP contribution is 2.29. The zero-order chi connectivity index (χ0) is 25.8. The molecule has 12 nitrogen and oxygen atoms in total. The van der Waals surface area contributed by atoms with Gasteiger partial charge in [-0.2, -0.15) is 9.97 Å². The average Bonchev–Trinajstić information content (AvgIpc) is 3.73. The SMILES string of the molecule is COc1ccc(Nc2ncc(CN3CCN(C(=O)NCC4CC4)CC3)cc2-c2nc(C)nc(N)n2)cn1. The van der Waals surface area contributed by atoms with E-state index in [0.29, 0.717) is 54.5 Å². The van der Waals surface area contributed by atoms with Crippen molar-refractivity contribution in [3.8, 4) is 17.3 Å². The largest absolute Gasteiger partial charge is 0.481 e. The van der Waals surface area contributed by atoms with Crippen LogP contribution in [0.3, 0.4) is 0 Å². The summed E-state index contributed by atoms with van der Waals surface area (Å²) in [6.45, 7) is 6.25. The van der Waals surface area contributed by atoms with Crippen molar-refractivity contribution in [2.45, 2.75) is 26.3 Å². The van der Waals surface area contributed by atoms with E-state index in [9.17, 15) is 4.79 Å². The monoisotopic (exact) mass is 504 g/mol. The minimum Gasteiger partial charge on any atom is -0.481 e. The maximum absolute atomic E-state index is 12.4. The van der Waals surface area contributed by atoms with Gasteiger partial charge in [-0.1, -0.05) is 0 Å². The number of urea groups is 1. The molecule has 1 aliphatic carbocycles. The predicted octanol–water partition coefficient (Wildman–Crippen LogP) is 2.21. The second-order valence-corrected chi connectivity index (χ2v) is 9.41. The number of rotatable bonds is 8. The summed E-state index contributed by atoms with van der Waals surface area (Å²) in [4.78, 5) is 38.5. The average molecular weight is 505 g/mol. The summed E-state index contributed by atoms with van der Waals surface area (Å²) in [6, 6.07) is 5.70. The second-order valence-electron chi connectivity index (χ2n) is 9.41. The lowest BCUT2D eigenvalue weighted by Crippen LogP contribution is -2.51. The predicted molar refractivity (Wildman–Crippen MR) is 139 cm³/mol. The lowest BCUT2D eigenvalue weighted by atomic mass is 10.1. The number of pyridine rings is 2. The Morgan fingerprint density at radius 1 is 1.11 bits per heavy atom. The molecule has 3 aromatic rings. The normalized spacial score (nSPS) is 15.9. The Bertz CT molecular complexity index is 1220. The third-order valence-corrected chi connectivity index (χ3v) is 6.46. The van der Waals surface area contributed by atoms with E-state index in [0.717, 1.165) is 30.9 Å². The van der Waals surface area contributed by atoms with Crippen LogP contribution in [-0.4, -0.2) is 80.6 Å². The van der Waals surface area contributed by atoms with Gasteiger partial charge in [-0.3, -0.25) is 4.90 Å². The highest BCUT2D eigenvalue weighted by Gasteiger charge is 2.25. The van der Waals surface area contributed by atoms with Gasteiger partial charge in [-0.15, -0.1) is 0 Å². The van der Waals surface area contributed by atoms with Gasteiger partial charge in [0.1, 0.15) is 11.6 Å². The first-order chi connectivity index (χ1) is 18.0. The Morgan fingerprint density at radius 2 is 1.92 bits per heavy atom. The number of aromatic nitrogens is 5. The van der Waals surface area contributed by atoms with Gasteiger partial charge >= 0.3 is 6.03 Å². The molecule has 0 aromatic carbocycles. The van der Waals surface area contributed by atoms with E-state index < -0.39 is 0 Å². The first kappa shape index (κ1) is 24.6. The Labute approximate surface area is 215 Å². The molecule has 0 atom stereocenters. The van der Waals surface area contributed by atoms with Crippen molar-refractivity contribution in [2.75, 3.05) is 50.9 Å². The smallest absolute Gasteiger partial charge is 0.317 e. The summed E-state index contributed by atoms with van der Waals surface area (Å²) in [5.74, 6) is 2.91. The molecule has 37 heavy (non-hydrogen) atoms. The van der Waals surface area contributed by atoms with E-state index in [1.165, 1.54) is 12.8 Å². The maximum Gasteiger partial charge on any atom is 0.317 e. The lowest BCUT2D eigenvalue weighted by molar-refractivity contribution is 0.135. The Hall–Kier alpha value is -4.06. The van der Waals surface area contributed by atoms with Gasteiger partial charge in [-0.05, 0) is 43.4 Å². The number of nitrogens with one attached hydrogen (secondary N) is 2. The van der Waals surface area contributed by atoms with Crippen molar-refractivity contribution in [3.63, 3.8) is 0 Å². The van der Waals surface area contributed by atoms with Crippen LogP contribution in [0.4, 0.5) is 22.2 Å². The first-order valence-electron chi connectivity index (χ1n) is 12.5. The zero-order valence-electron chi connectivity index (χ0n) is 21.1. The molecule has 2 amide bonds. The summed E-state index contributed by atoms with van der Waals surface area (Å²) in [7, 11) is 1.57. The van der Waals surface area contributed by atoms with E-state index >= 15 is 0 Å². The molecular formula is C25H32N10O2. The number of amides is 2. The number of aryl methyl sites for hydroxylation is 1. The van der Waals surface area contributed by atoms with Gasteiger partial charge in [0, 0.05) is 51.5 Å². The lowest BCUT2D eigenvalue weighted by Gasteiger charge is -2.34. The van der Waals surface area contributed by atoms with E-state index in [4.69, 9.17) is 15.5 Å². The van der Waals surface area contributed by atoms with Crippen LogP contribution in [0.5, 0.6) is 5.88 Å². The summed E-state index contributed by atoms with van der Waals surface area (Å²) in [5, 5.41) is 6.36. The summed E-state index contributed by atoms with van der Waals surface area (Å²) < 4.78 is 5.15. The van der Waals surface area contributed by atoms with E-state index in [2.05, 4.69) is 35.5 Å². The molecule has 0 spiro atoms. The van der Waals surface area contributed by atoms with Crippen molar-refractivity contribution in [2.24, 2.45) is 5.92 Å². The minimum absolute atomic E-state index is 0.0433. The quantitative estimate of drug-likeness (QED) is 0.417. The minimum atomic E-state index is 0.0433. The molecule has 2 fully saturated rings. The molecule has 4 heterocycles. The fraction of sp³-hybridized carbons (Fsp3) is 0.440. The fourth-order valence-corrected chi connectivity index (χ4v) is 4.23. The number of nitrogens with two attached hydrogens (primary N) is 1. The number of carbonyl (C=O) groups excluding carboxylic acids is 1. The van der Waals surface area contributed by atoms with Crippen LogP contribution in [0.1, 0.15) is 24.2 Å². The summed E-state index contributed by atoms with van der Waals surface area (Å²) >= 11 is 0. The number of nitrogen functional groups attached to an aromatic ring is 1. The van der Waals surface area contributed by atoms with Crippen LogP contribution >= 0.6 is 0 Å². The Kier molecular flexibility index (Phi) is 7.26. The molecule has 2 aliphatic rings. The van der Waals surface area contributed by atoms with Crippen molar-refractivity contribution in [3.05, 3.63) is 42.0 Å². The molecule has 0 radical (unpaired) electrons. The fourth-order valence-electron chi connectivity index (χ4n) is 4.23. The molecule has 0 bridgehead atoms. The molecule has 0 unspecified atom stereocenters. The van der Waals surface area contributed by atoms with Crippen molar-refractivity contribution in [1.29, 1.82) is 0 Å². The van der Waals surface area contributed by atoms with Gasteiger partial charge < -0.3 is 26.0 Å². The molecule has 3 aromatic heterocycles.